The second-order valence-electron chi connectivity index (χ2n) is 6.37. The molecular weight excluding hydrogens is 290 g/mol. The van der Waals surface area contributed by atoms with Gasteiger partial charge in [0.1, 0.15) is 0 Å². The summed E-state index contributed by atoms with van der Waals surface area (Å²) in [5.41, 5.74) is 6.97. The summed E-state index contributed by atoms with van der Waals surface area (Å²) in [4.78, 5) is 11.1. The number of pyridine rings is 1. The Bertz CT molecular complexity index is 477. The van der Waals surface area contributed by atoms with Crippen LogP contribution in [0.1, 0.15) is 19.5 Å². The highest BCUT2D eigenvalue weighted by Crippen LogP contribution is 2.08. The highest BCUT2D eigenvalue weighted by molar-refractivity contribution is 5.77. The number of aliphatic imine (C=N–C) groups is 1. The topological polar surface area (TPSA) is 75.8 Å². The van der Waals surface area contributed by atoms with Crippen LogP contribution in [0.4, 0.5) is 0 Å². The molecule has 6 heteroatoms. The van der Waals surface area contributed by atoms with Gasteiger partial charge in [-0.15, -0.1) is 0 Å². The summed E-state index contributed by atoms with van der Waals surface area (Å²) < 4.78 is 5.77. The molecule has 0 radical (unpaired) electrons. The number of rotatable bonds is 7. The molecule has 1 fully saturated rings. The van der Waals surface area contributed by atoms with Crippen LogP contribution in [-0.4, -0.2) is 61.3 Å². The lowest BCUT2D eigenvalue weighted by atomic mass is 10.2. The summed E-state index contributed by atoms with van der Waals surface area (Å²) in [6, 6.07) is 5.91. The summed E-state index contributed by atoms with van der Waals surface area (Å²) in [6.45, 7) is 9.66. The van der Waals surface area contributed by atoms with Crippen LogP contribution >= 0.6 is 0 Å². The molecule has 128 valence electrons. The van der Waals surface area contributed by atoms with E-state index in [0.29, 0.717) is 18.4 Å². The van der Waals surface area contributed by atoms with E-state index in [9.17, 15) is 0 Å². The van der Waals surface area contributed by atoms with Crippen LogP contribution in [-0.2, 0) is 11.2 Å². The quantitative estimate of drug-likeness (QED) is 0.576. The van der Waals surface area contributed by atoms with Crippen LogP contribution in [0.5, 0.6) is 0 Å². The molecule has 3 N–H and O–H groups in total. The van der Waals surface area contributed by atoms with Crippen molar-refractivity contribution in [3.8, 4) is 0 Å². The molecule has 6 nitrogen and oxygen atoms in total. The fourth-order valence-corrected chi connectivity index (χ4v) is 2.69. The van der Waals surface area contributed by atoms with E-state index in [0.717, 1.165) is 44.9 Å². The molecule has 23 heavy (non-hydrogen) atoms. The molecule has 1 saturated heterocycles. The lowest BCUT2D eigenvalue weighted by Crippen LogP contribution is -2.45. The number of nitrogens with one attached hydrogen (secondary N) is 1. The van der Waals surface area contributed by atoms with E-state index in [1.54, 1.807) is 6.20 Å². The number of ether oxygens (including phenoxy) is 1. The molecular formula is C17H29N5O. The van der Waals surface area contributed by atoms with Gasteiger partial charge in [0, 0.05) is 44.5 Å². The fraction of sp³-hybridized carbons (Fsp3) is 0.647. The molecule has 1 atom stereocenters. The largest absolute Gasteiger partial charge is 0.374 e. The molecule has 0 spiro atoms. The van der Waals surface area contributed by atoms with E-state index in [1.807, 2.05) is 18.2 Å². The van der Waals surface area contributed by atoms with E-state index in [1.165, 1.54) is 0 Å². The Morgan fingerprint density at radius 1 is 1.52 bits per heavy atom. The predicted molar refractivity (Wildman–Crippen MR) is 93.5 cm³/mol. The number of aromatic nitrogens is 1. The zero-order valence-corrected chi connectivity index (χ0v) is 14.2. The average Bonchev–Trinajstić information content (AvgIpc) is 2.54. The Morgan fingerprint density at radius 3 is 3.13 bits per heavy atom. The van der Waals surface area contributed by atoms with Crippen molar-refractivity contribution in [2.24, 2.45) is 16.6 Å². The van der Waals surface area contributed by atoms with Crippen molar-refractivity contribution < 1.29 is 4.74 Å². The number of nitrogens with zero attached hydrogens (tertiary/aromatic N) is 3. The van der Waals surface area contributed by atoms with Crippen LogP contribution in [0.3, 0.4) is 0 Å². The van der Waals surface area contributed by atoms with Gasteiger partial charge in [0.15, 0.2) is 5.96 Å². The summed E-state index contributed by atoms with van der Waals surface area (Å²) in [6.07, 6.45) is 2.77. The van der Waals surface area contributed by atoms with Crippen LogP contribution < -0.4 is 11.1 Å². The smallest absolute Gasteiger partial charge is 0.188 e. The van der Waals surface area contributed by atoms with Crippen molar-refractivity contribution in [1.82, 2.24) is 15.2 Å². The summed E-state index contributed by atoms with van der Waals surface area (Å²) in [7, 11) is 0. The Morgan fingerprint density at radius 2 is 2.39 bits per heavy atom. The van der Waals surface area contributed by atoms with Gasteiger partial charge >= 0.3 is 0 Å². The highest BCUT2D eigenvalue weighted by atomic mass is 16.5. The maximum Gasteiger partial charge on any atom is 0.188 e. The lowest BCUT2D eigenvalue weighted by Gasteiger charge is -2.33. The van der Waals surface area contributed by atoms with Gasteiger partial charge in [-0.2, -0.15) is 0 Å². The van der Waals surface area contributed by atoms with Gasteiger partial charge in [-0.1, -0.05) is 19.9 Å². The van der Waals surface area contributed by atoms with Crippen molar-refractivity contribution >= 4 is 5.96 Å². The Balaban J connectivity index is 1.67. The van der Waals surface area contributed by atoms with Gasteiger partial charge in [0.05, 0.1) is 19.3 Å². The summed E-state index contributed by atoms with van der Waals surface area (Å²) >= 11 is 0. The van der Waals surface area contributed by atoms with Crippen molar-refractivity contribution in [3.05, 3.63) is 30.1 Å². The predicted octanol–water partition coefficient (Wildman–Crippen LogP) is 0.885. The molecule has 1 aliphatic rings. The van der Waals surface area contributed by atoms with Crippen molar-refractivity contribution in [2.45, 2.75) is 26.4 Å². The number of hydrogen-bond acceptors (Lipinski definition) is 4. The summed E-state index contributed by atoms with van der Waals surface area (Å²) in [5, 5.41) is 3.13. The molecule has 0 bridgehead atoms. The van der Waals surface area contributed by atoms with Gasteiger partial charge in [0.25, 0.3) is 0 Å². The van der Waals surface area contributed by atoms with Crippen LogP contribution in [0, 0.1) is 5.92 Å². The SMILES string of the molecule is CC(C)CN1CCO[C@@H](CN=C(N)NCCc2ccccn2)C1. The van der Waals surface area contributed by atoms with Gasteiger partial charge in [-0.05, 0) is 18.1 Å². The van der Waals surface area contributed by atoms with Gasteiger partial charge in [0.2, 0.25) is 0 Å². The Kier molecular flexibility index (Phi) is 7.29. The minimum Gasteiger partial charge on any atom is -0.374 e. The molecule has 0 aromatic carbocycles. The van der Waals surface area contributed by atoms with E-state index in [4.69, 9.17) is 10.5 Å². The Labute approximate surface area is 139 Å². The first-order chi connectivity index (χ1) is 11.1. The maximum atomic E-state index is 5.92. The van der Waals surface area contributed by atoms with Crippen LogP contribution in [0.2, 0.25) is 0 Å². The average molecular weight is 319 g/mol. The molecule has 1 aromatic heterocycles. The fourth-order valence-electron chi connectivity index (χ4n) is 2.69. The van der Waals surface area contributed by atoms with E-state index >= 15 is 0 Å². The number of nitrogens with two attached hydrogens (primary N) is 1. The minimum absolute atomic E-state index is 0.138. The third kappa shape index (κ3) is 6.97. The lowest BCUT2D eigenvalue weighted by molar-refractivity contribution is -0.0261. The first-order valence-electron chi connectivity index (χ1n) is 8.41. The minimum atomic E-state index is 0.138. The van der Waals surface area contributed by atoms with Crippen LogP contribution in [0.25, 0.3) is 0 Å². The van der Waals surface area contributed by atoms with Crippen molar-refractivity contribution in [3.63, 3.8) is 0 Å². The summed E-state index contributed by atoms with van der Waals surface area (Å²) in [5.74, 6) is 1.15. The normalized spacial score (nSPS) is 20.0. The van der Waals surface area contributed by atoms with Gasteiger partial charge in [-0.3, -0.25) is 14.9 Å². The van der Waals surface area contributed by atoms with Gasteiger partial charge in [-0.25, -0.2) is 0 Å². The Hall–Kier alpha value is -1.66. The monoisotopic (exact) mass is 319 g/mol. The highest BCUT2D eigenvalue weighted by Gasteiger charge is 2.20. The standard InChI is InChI=1S/C17H29N5O/c1-14(2)12-22-9-10-23-16(13-22)11-21-17(18)20-8-6-15-5-3-4-7-19-15/h3-5,7,14,16H,6,8-13H2,1-2H3,(H3,18,20,21)/t16-/m0/s1. The third-order valence-corrected chi connectivity index (χ3v) is 3.72. The van der Waals surface area contributed by atoms with E-state index in [-0.39, 0.29) is 6.10 Å². The van der Waals surface area contributed by atoms with Crippen LogP contribution in [0.15, 0.2) is 29.4 Å². The molecule has 2 heterocycles. The van der Waals surface area contributed by atoms with Gasteiger partial charge < -0.3 is 15.8 Å². The van der Waals surface area contributed by atoms with E-state index in [2.05, 4.69) is 34.0 Å². The van der Waals surface area contributed by atoms with Crippen molar-refractivity contribution in [2.75, 3.05) is 39.3 Å². The molecule has 1 aliphatic heterocycles. The molecule has 1 aromatic rings. The van der Waals surface area contributed by atoms with Crippen molar-refractivity contribution in [1.29, 1.82) is 0 Å². The molecule has 0 saturated carbocycles. The second kappa shape index (κ2) is 9.47. The third-order valence-electron chi connectivity index (χ3n) is 3.72. The first-order valence-corrected chi connectivity index (χ1v) is 8.41. The van der Waals surface area contributed by atoms with E-state index < -0.39 is 0 Å². The first kappa shape index (κ1) is 17.7. The second-order valence-corrected chi connectivity index (χ2v) is 6.37. The zero-order chi connectivity index (χ0) is 16.5. The zero-order valence-electron chi connectivity index (χ0n) is 14.2. The maximum absolute atomic E-state index is 5.92. The number of guanidine groups is 1. The number of morpholine rings is 1. The molecule has 2 rings (SSSR count). The number of hydrogen-bond donors (Lipinski definition) is 2. The molecule has 0 aliphatic carbocycles. The molecule has 0 unspecified atom stereocenters. The molecule has 0 amide bonds.